The van der Waals surface area contributed by atoms with Crippen LogP contribution in [0.25, 0.3) is 21.8 Å². The molecule has 0 atom stereocenters. The maximum Gasteiger partial charge on any atom is 0.323 e. The van der Waals surface area contributed by atoms with E-state index in [1.54, 1.807) is 22.8 Å². The molecule has 0 aliphatic carbocycles. The van der Waals surface area contributed by atoms with Crippen LogP contribution in [0.3, 0.4) is 0 Å². The molecule has 6 heteroatoms. The highest BCUT2D eigenvalue weighted by atomic mass is 79.9. The van der Waals surface area contributed by atoms with E-state index in [-0.39, 0.29) is 17.9 Å². The number of carboxylic acid groups (broad SMARTS) is 1. The monoisotopic (exact) mass is 407 g/mol. The fourth-order valence-corrected chi connectivity index (χ4v) is 3.46. The topological polar surface area (TPSA) is 59.3 Å². The Labute approximate surface area is 151 Å². The number of carbonyl (C=O) groups is 1. The van der Waals surface area contributed by atoms with Gasteiger partial charge in [0.15, 0.2) is 5.43 Å². The number of benzene rings is 2. The van der Waals surface area contributed by atoms with Gasteiger partial charge in [0.25, 0.3) is 0 Å². The lowest BCUT2D eigenvalue weighted by Gasteiger charge is -2.16. The molecular weight excluding hydrogens is 394 g/mol. The van der Waals surface area contributed by atoms with Gasteiger partial charge in [0.2, 0.25) is 0 Å². The third-order valence-corrected chi connectivity index (χ3v) is 5.37. The molecule has 0 spiro atoms. The average Bonchev–Trinajstić information content (AvgIpc) is 2.53. The van der Waals surface area contributed by atoms with Crippen LogP contribution in [-0.4, -0.2) is 15.6 Å². The van der Waals surface area contributed by atoms with E-state index in [0.29, 0.717) is 31.3 Å². The summed E-state index contributed by atoms with van der Waals surface area (Å²) in [5.74, 6) is -0.733. The van der Waals surface area contributed by atoms with Crippen molar-refractivity contribution in [2.45, 2.75) is 26.3 Å². The largest absolute Gasteiger partial charge is 0.480 e. The quantitative estimate of drug-likeness (QED) is 0.635. The van der Waals surface area contributed by atoms with Crippen molar-refractivity contribution < 1.29 is 9.90 Å². The predicted molar refractivity (Wildman–Crippen MR) is 100 cm³/mol. The Balaban J connectivity index is 2.58. The summed E-state index contributed by atoms with van der Waals surface area (Å²) in [5, 5.41) is 10.6. The maximum atomic E-state index is 12.8. The summed E-state index contributed by atoms with van der Waals surface area (Å²) in [6, 6.07) is 8.92. The third-order valence-electron chi connectivity index (χ3n) is 4.10. The molecule has 0 aliphatic heterocycles. The van der Waals surface area contributed by atoms with E-state index in [2.05, 4.69) is 15.9 Å². The van der Waals surface area contributed by atoms with Gasteiger partial charge in [0.05, 0.1) is 16.1 Å². The standard InChI is InChI=1S/C18H15BrClNO3/c1-9(2)10-3-4-11-14(7-10)21(8-15(22)23)17-12(18(11)24)5-6-13(19)16(17)20/h3-7,9H,8H2,1-2H3,(H,22,23). The van der Waals surface area contributed by atoms with E-state index in [1.165, 1.54) is 0 Å². The minimum atomic E-state index is -0.993. The molecule has 1 aromatic heterocycles. The lowest BCUT2D eigenvalue weighted by molar-refractivity contribution is -0.137. The van der Waals surface area contributed by atoms with Crippen molar-refractivity contribution >= 4 is 55.3 Å². The first kappa shape index (κ1) is 17.0. The summed E-state index contributed by atoms with van der Waals surface area (Å²) in [5.41, 5.74) is 1.91. The van der Waals surface area contributed by atoms with Gasteiger partial charge in [-0.1, -0.05) is 31.5 Å². The highest BCUT2D eigenvalue weighted by Gasteiger charge is 2.17. The number of hydrogen-bond donors (Lipinski definition) is 1. The number of nitrogens with zero attached hydrogens (tertiary/aromatic N) is 1. The second-order valence-electron chi connectivity index (χ2n) is 6.00. The molecule has 0 amide bonds. The average molecular weight is 409 g/mol. The number of pyridine rings is 1. The van der Waals surface area contributed by atoms with Crippen molar-refractivity contribution in [1.29, 1.82) is 0 Å². The molecule has 0 fully saturated rings. The first-order valence-electron chi connectivity index (χ1n) is 7.47. The fraction of sp³-hybridized carbons (Fsp3) is 0.222. The van der Waals surface area contributed by atoms with Gasteiger partial charge in [-0.05, 0) is 51.7 Å². The molecule has 1 heterocycles. The summed E-state index contributed by atoms with van der Waals surface area (Å²) in [7, 11) is 0. The number of aromatic nitrogens is 1. The van der Waals surface area contributed by atoms with Crippen LogP contribution in [-0.2, 0) is 11.3 Å². The maximum absolute atomic E-state index is 12.8. The molecule has 0 saturated carbocycles. The lowest BCUT2D eigenvalue weighted by Crippen LogP contribution is -2.16. The van der Waals surface area contributed by atoms with Crippen molar-refractivity contribution in [2.75, 3.05) is 0 Å². The zero-order valence-electron chi connectivity index (χ0n) is 13.1. The molecule has 0 unspecified atom stereocenters. The normalized spacial score (nSPS) is 11.5. The Morgan fingerprint density at radius 1 is 1.25 bits per heavy atom. The van der Waals surface area contributed by atoms with Crippen LogP contribution in [0.5, 0.6) is 0 Å². The lowest BCUT2D eigenvalue weighted by atomic mass is 10.00. The van der Waals surface area contributed by atoms with Crippen LogP contribution in [0.4, 0.5) is 0 Å². The van der Waals surface area contributed by atoms with Gasteiger partial charge in [-0.15, -0.1) is 0 Å². The van der Waals surface area contributed by atoms with Crippen LogP contribution < -0.4 is 5.43 Å². The number of halogens is 2. The van der Waals surface area contributed by atoms with Gasteiger partial charge in [-0.3, -0.25) is 9.59 Å². The summed E-state index contributed by atoms with van der Waals surface area (Å²) < 4.78 is 2.22. The van der Waals surface area contributed by atoms with Gasteiger partial charge < -0.3 is 9.67 Å². The molecule has 2 aromatic carbocycles. The number of hydrogen-bond acceptors (Lipinski definition) is 2. The molecule has 24 heavy (non-hydrogen) atoms. The van der Waals surface area contributed by atoms with E-state index in [0.717, 1.165) is 5.56 Å². The predicted octanol–water partition coefficient (Wildman–Crippen LogP) is 4.78. The molecule has 1 N–H and O–H groups in total. The second kappa shape index (κ2) is 6.22. The summed E-state index contributed by atoms with van der Waals surface area (Å²) in [6.45, 7) is 3.82. The van der Waals surface area contributed by atoms with E-state index in [9.17, 15) is 14.7 Å². The van der Waals surface area contributed by atoms with Crippen LogP contribution >= 0.6 is 27.5 Å². The van der Waals surface area contributed by atoms with Crippen LogP contribution in [0.2, 0.25) is 5.02 Å². The molecule has 0 saturated heterocycles. The molecule has 3 aromatic rings. The Kier molecular flexibility index (Phi) is 4.40. The van der Waals surface area contributed by atoms with Gasteiger partial charge in [-0.2, -0.15) is 0 Å². The number of carboxylic acids is 1. The highest BCUT2D eigenvalue weighted by molar-refractivity contribution is 9.10. The first-order chi connectivity index (χ1) is 11.3. The summed E-state index contributed by atoms with van der Waals surface area (Å²) >= 11 is 9.74. The second-order valence-corrected chi connectivity index (χ2v) is 7.23. The first-order valence-corrected chi connectivity index (χ1v) is 8.64. The molecular formula is C18H15BrClNO3. The molecule has 124 valence electrons. The number of aliphatic carboxylic acids is 1. The molecule has 3 rings (SSSR count). The third kappa shape index (κ3) is 2.72. The van der Waals surface area contributed by atoms with E-state index in [4.69, 9.17) is 11.6 Å². The van der Waals surface area contributed by atoms with E-state index >= 15 is 0 Å². The summed E-state index contributed by atoms with van der Waals surface area (Å²) in [4.78, 5) is 24.2. The SMILES string of the molecule is CC(C)c1ccc2c(=O)c3ccc(Br)c(Cl)c3n(CC(=O)O)c2c1. The minimum Gasteiger partial charge on any atom is -0.480 e. The van der Waals surface area contributed by atoms with Gasteiger partial charge >= 0.3 is 5.97 Å². The van der Waals surface area contributed by atoms with Gasteiger partial charge in [0, 0.05) is 15.2 Å². The zero-order valence-corrected chi connectivity index (χ0v) is 15.5. The Hall–Kier alpha value is -1.85. The van der Waals surface area contributed by atoms with Gasteiger partial charge in [-0.25, -0.2) is 0 Å². The zero-order chi connectivity index (χ0) is 17.6. The highest BCUT2D eigenvalue weighted by Crippen LogP contribution is 2.32. The molecule has 0 radical (unpaired) electrons. The van der Waals surface area contributed by atoms with E-state index < -0.39 is 5.97 Å². The van der Waals surface area contributed by atoms with Crippen LogP contribution in [0.1, 0.15) is 25.3 Å². The van der Waals surface area contributed by atoms with E-state index in [1.807, 2.05) is 26.0 Å². The minimum absolute atomic E-state index is 0.147. The Morgan fingerprint density at radius 2 is 1.92 bits per heavy atom. The van der Waals surface area contributed by atoms with Crippen LogP contribution in [0.15, 0.2) is 39.6 Å². The molecule has 4 nitrogen and oxygen atoms in total. The Morgan fingerprint density at radius 3 is 2.54 bits per heavy atom. The van der Waals surface area contributed by atoms with Crippen molar-refractivity contribution in [3.8, 4) is 0 Å². The number of fused-ring (bicyclic) bond motifs is 2. The van der Waals surface area contributed by atoms with Crippen molar-refractivity contribution in [3.05, 3.63) is 55.6 Å². The molecule has 0 bridgehead atoms. The fourth-order valence-electron chi connectivity index (χ4n) is 2.88. The van der Waals surface area contributed by atoms with Crippen molar-refractivity contribution in [3.63, 3.8) is 0 Å². The van der Waals surface area contributed by atoms with Crippen molar-refractivity contribution in [1.82, 2.24) is 4.57 Å². The van der Waals surface area contributed by atoms with Crippen LogP contribution in [0, 0.1) is 0 Å². The molecule has 0 aliphatic rings. The van der Waals surface area contributed by atoms with Crippen molar-refractivity contribution in [2.24, 2.45) is 0 Å². The smallest absolute Gasteiger partial charge is 0.323 e. The van der Waals surface area contributed by atoms with Gasteiger partial charge in [0.1, 0.15) is 6.54 Å². The Bertz CT molecular complexity index is 1040. The number of rotatable bonds is 3. The summed E-state index contributed by atoms with van der Waals surface area (Å²) in [6.07, 6.45) is 0.